The molecule has 0 saturated carbocycles. The maximum atomic E-state index is 12.6. The van der Waals surface area contributed by atoms with E-state index in [0.29, 0.717) is 22.7 Å². The van der Waals surface area contributed by atoms with E-state index < -0.39 is 10.0 Å². The maximum Gasteiger partial charge on any atom is 0.261 e. The van der Waals surface area contributed by atoms with E-state index in [1.165, 1.54) is 0 Å². The quantitative estimate of drug-likeness (QED) is 0.806. The summed E-state index contributed by atoms with van der Waals surface area (Å²) in [7, 11) is -3.71. The molecule has 0 aromatic heterocycles. The van der Waals surface area contributed by atoms with E-state index in [1.807, 2.05) is 27.7 Å². The van der Waals surface area contributed by atoms with Crippen LogP contribution < -0.4 is 10.0 Å². The van der Waals surface area contributed by atoms with Gasteiger partial charge in [-0.15, -0.1) is 0 Å². The number of amides is 1. The van der Waals surface area contributed by atoms with Gasteiger partial charge in [-0.25, -0.2) is 8.42 Å². The number of carbonyl (C=O) groups excluding carboxylic acids is 1. The lowest BCUT2D eigenvalue weighted by atomic mass is 10.0. The summed E-state index contributed by atoms with van der Waals surface area (Å²) >= 11 is 0. The first-order chi connectivity index (χ1) is 12.1. The highest BCUT2D eigenvalue weighted by Crippen LogP contribution is 2.23. The lowest BCUT2D eigenvalue weighted by Gasteiger charge is -2.19. The third-order valence-corrected chi connectivity index (χ3v) is 5.89. The topological polar surface area (TPSA) is 75.3 Å². The molecule has 1 amide bonds. The standard InChI is InChI=1S/C20H26N2O3S/c1-13(2)16(5)21-20(23)18-7-6-8-19(15(18)4)22-26(24,25)17-11-9-14(3)10-12-17/h6-13,16,22H,1-5H3,(H,21,23). The minimum absolute atomic E-state index is 0.0230. The van der Waals surface area contributed by atoms with Gasteiger partial charge < -0.3 is 5.32 Å². The van der Waals surface area contributed by atoms with Gasteiger partial charge in [-0.2, -0.15) is 0 Å². The monoisotopic (exact) mass is 374 g/mol. The Bertz CT molecular complexity index is 888. The lowest BCUT2D eigenvalue weighted by molar-refractivity contribution is 0.0930. The number of nitrogens with one attached hydrogen (secondary N) is 2. The van der Waals surface area contributed by atoms with Crippen LogP contribution in [0.4, 0.5) is 5.69 Å². The summed E-state index contributed by atoms with van der Waals surface area (Å²) in [6, 6.07) is 11.7. The molecule has 0 saturated heterocycles. The van der Waals surface area contributed by atoms with Crippen molar-refractivity contribution >= 4 is 21.6 Å². The van der Waals surface area contributed by atoms with Crippen molar-refractivity contribution in [1.29, 1.82) is 0 Å². The molecule has 1 unspecified atom stereocenters. The van der Waals surface area contributed by atoms with Crippen molar-refractivity contribution < 1.29 is 13.2 Å². The fraction of sp³-hybridized carbons (Fsp3) is 0.350. The van der Waals surface area contributed by atoms with Gasteiger partial charge in [0.1, 0.15) is 0 Å². The van der Waals surface area contributed by atoms with Crippen LogP contribution in [0.5, 0.6) is 0 Å². The molecule has 140 valence electrons. The van der Waals surface area contributed by atoms with E-state index in [2.05, 4.69) is 10.0 Å². The largest absolute Gasteiger partial charge is 0.349 e. The molecule has 6 heteroatoms. The first-order valence-electron chi connectivity index (χ1n) is 8.62. The molecule has 0 aliphatic rings. The molecule has 2 aromatic carbocycles. The third kappa shape index (κ3) is 4.64. The average molecular weight is 375 g/mol. The molecule has 2 rings (SSSR count). The van der Waals surface area contributed by atoms with Crippen molar-refractivity contribution in [1.82, 2.24) is 5.32 Å². The van der Waals surface area contributed by atoms with Crippen LogP contribution in [0.3, 0.4) is 0 Å². The number of hydrogen-bond acceptors (Lipinski definition) is 3. The molecule has 0 radical (unpaired) electrons. The molecular weight excluding hydrogens is 348 g/mol. The van der Waals surface area contributed by atoms with Crippen molar-refractivity contribution in [3.8, 4) is 0 Å². The highest BCUT2D eigenvalue weighted by Gasteiger charge is 2.19. The van der Waals surface area contributed by atoms with E-state index in [1.54, 1.807) is 49.4 Å². The average Bonchev–Trinajstić information content (AvgIpc) is 2.56. The summed E-state index contributed by atoms with van der Waals surface area (Å²) in [6.07, 6.45) is 0. The fourth-order valence-corrected chi connectivity index (χ4v) is 3.49. The van der Waals surface area contributed by atoms with Crippen LogP contribution in [0.1, 0.15) is 42.3 Å². The van der Waals surface area contributed by atoms with Crippen molar-refractivity contribution in [2.75, 3.05) is 4.72 Å². The highest BCUT2D eigenvalue weighted by molar-refractivity contribution is 7.92. The summed E-state index contributed by atoms with van der Waals surface area (Å²) in [5, 5.41) is 2.95. The number of rotatable bonds is 6. The lowest BCUT2D eigenvalue weighted by Crippen LogP contribution is -2.36. The van der Waals surface area contributed by atoms with Crippen LogP contribution in [0.25, 0.3) is 0 Å². The molecule has 0 spiro atoms. The molecule has 2 N–H and O–H groups in total. The summed E-state index contributed by atoms with van der Waals surface area (Å²) in [5.74, 6) is 0.0996. The van der Waals surface area contributed by atoms with Gasteiger partial charge in [-0.1, -0.05) is 37.6 Å². The van der Waals surface area contributed by atoms with Crippen molar-refractivity contribution in [3.63, 3.8) is 0 Å². The molecule has 0 fully saturated rings. The van der Waals surface area contributed by atoms with Crippen molar-refractivity contribution in [2.45, 2.75) is 45.6 Å². The van der Waals surface area contributed by atoms with Gasteiger partial charge in [0.15, 0.2) is 0 Å². The van der Waals surface area contributed by atoms with Gasteiger partial charge in [-0.3, -0.25) is 9.52 Å². The summed E-state index contributed by atoms with van der Waals surface area (Å²) in [6.45, 7) is 9.64. The number of anilines is 1. The molecule has 0 aliphatic heterocycles. The van der Waals surface area contributed by atoms with E-state index >= 15 is 0 Å². The van der Waals surface area contributed by atoms with E-state index in [9.17, 15) is 13.2 Å². The Labute approximate surface area is 155 Å². The molecule has 1 atom stereocenters. The number of aryl methyl sites for hydroxylation is 1. The zero-order valence-electron chi connectivity index (χ0n) is 15.8. The van der Waals surface area contributed by atoms with Crippen LogP contribution in [0.2, 0.25) is 0 Å². The molecule has 0 aliphatic carbocycles. The van der Waals surface area contributed by atoms with Crippen molar-refractivity contribution in [3.05, 3.63) is 59.2 Å². The Morgan fingerprint density at radius 2 is 1.58 bits per heavy atom. The summed E-state index contributed by atoms with van der Waals surface area (Å²) in [5.41, 5.74) is 2.44. The minimum Gasteiger partial charge on any atom is -0.349 e. The van der Waals surface area contributed by atoms with Crippen molar-refractivity contribution in [2.24, 2.45) is 5.92 Å². The van der Waals surface area contributed by atoms with Gasteiger partial charge in [0.25, 0.3) is 15.9 Å². The van der Waals surface area contributed by atoms with E-state index in [4.69, 9.17) is 0 Å². The summed E-state index contributed by atoms with van der Waals surface area (Å²) in [4.78, 5) is 12.7. The third-order valence-electron chi connectivity index (χ3n) is 4.51. The van der Waals surface area contributed by atoms with Crippen LogP contribution in [-0.2, 0) is 10.0 Å². The summed E-state index contributed by atoms with van der Waals surface area (Å²) < 4.78 is 27.8. The number of benzene rings is 2. The molecule has 5 nitrogen and oxygen atoms in total. The van der Waals surface area contributed by atoms with E-state index in [-0.39, 0.29) is 16.8 Å². The molecule has 2 aromatic rings. The smallest absolute Gasteiger partial charge is 0.261 e. The zero-order valence-corrected chi connectivity index (χ0v) is 16.6. The van der Waals surface area contributed by atoms with Gasteiger partial charge in [0, 0.05) is 11.6 Å². The predicted molar refractivity (Wildman–Crippen MR) is 105 cm³/mol. The zero-order chi connectivity index (χ0) is 19.5. The van der Waals surface area contributed by atoms with Gasteiger partial charge in [-0.05, 0) is 56.5 Å². The Morgan fingerprint density at radius 1 is 0.962 bits per heavy atom. The normalized spacial score (nSPS) is 12.7. The number of carbonyl (C=O) groups is 1. The van der Waals surface area contributed by atoms with Crippen LogP contribution >= 0.6 is 0 Å². The molecule has 26 heavy (non-hydrogen) atoms. The number of hydrogen-bond donors (Lipinski definition) is 2. The fourth-order valence-electron chi connectivity index (χ4n) is 2.36. The Kier molecular flexibility index (Phi) is 6.08. The Hall–Kier alpha value is -2.34. The first-order valence-corrected chi connectivity index (χ1v) is 10.1. The van der Waals surface area contributed by atoms with Gasteiger partial charge in [0.2, 0.25) is 0 Å². The van der Waals surface area contributed by atoms with Crippen LogP contribution in [-0.4, -0.2) is 20.4 Å². The van der Waals surface area contributed by atoms with Crippen LogP contribution in [0, 0.1) is 19.8 Å². The molecule has 0 bridgehead atoms. The van der Waals surface area contributed by atoms with Gasteiger partial charge in [0.05, 0.1) is 10.6 Å². The SMILES string of the molecule is Cc1ccc(S(=O)(=O)Nc2cccc(C(=O)NC(C)C(C)C)c2C)cc1. The Morgan fingerprint density at radius 3 is 2.15 bits per heavy atom. The minimum atomic E-state index is -3.71. The second-order valence-electron chi connectivity index (χ2n) is 6.90. The van der Waals surface area contributed by atoms with Gasteiger partial charge >= 0.3 is 0 Å². The Balaban J connectivity index is 2.28. The molecular formula is C20H26N2O3S. The highest BCUT2D eigenvalue weighted by atomic mass is 32.2. The second kappa shape index (κ2) is 7.91. The first kappa shape index (κ1) is 20.0. The van der Waals surface area contributed by atoms with Crippen LogP contribution in [0.15, 0.2) is 47.4 Å². The van der Waals surface area contributed by atoms with E-state index in [0.717, 1.165) is 5.56 Å². The predicted octanol–water partition coefficient (Wildman–Crippen LogP) is 3.88. The number of sulfonamides is 1. The maximum absolute atomic E-state index is 12.6. The second-order valence-corrected chi connectivity index (χ2v) is 8.59. The molecule has 0 heterocycles.